The third-order valence-corrected chi connectivity index (χ3v) is 3.46. The van der Waals surface area contributed by atoms with E-state index in [0.29, 0.717) is 28.9 Å². The van der Waals surface area contributed by atoms with E-state index in [0.717, 1.165) is 5.82 Å². The van der Waals surface area contributed by atoms with Gasteiger partial charge in [-0.05, 0) is 12.1 Å². The zero-order valence-electron chi connectivity index (χ0n) is 11.6. The van der Waals surface area contributed by atoms with Crippen LogP contribution in [0.3, 0.4) is 0 Å². The molecule has 0 spiro atoms. The Balaban J connectivity index is 1.73. The first-order valence-corrected chi connectivity index (χ1v) is 7.24. The van der Waals surface area contributed by atoms with Crippen molar-refractivity contribution in [2.24, 2.45) is 7.05 Å². The molecule has 0 saturated carbocycles. The summed E-state index contributed by atoms with van der Waals surface area (Å²) in [5, 5.41) is 14.0. The molecule has 0 fully saturated rings. The first-order chi connectivity index (χ1) is 10.1. The minimum Gasteiger partial charge on any atom is -0.489 e. The van der Waals surface area contributed by atoms with Crippen molar-refractivity contribution in [1.82, 2.24) is 14.9 Å². The van der Waals surface area contributed by atoms with Crippen LogP contribution in [0.15, 0.2) is 30.6 Å². The van der Waals surface area contributed by atoms with Gasteiger partial charge in [0.1, 0.15) is 24.3 Å². The summed E-state index contributed by atoms with van der Waals surface area (Å²) in [6.45, 7) is 1.11. The second-order valence-electron chi connectivity index (χ2n) is 4.62. The van der Waals surface area contributed by atoms with E-state index in [2.05, 4.69) is 10.3 Å². The van der Waals surface area contributed by atoms with E-state index >= 15 is 0 Å². The smallest absolute Gasteiger partial charge is 0.139 e. The number of hydrogen-bond acceptors (Lipinski definition) is 4. The van der Waals surface area contributed by atoms with Gasteiger partial charge in [-0.1, -0.05) is 23.2 Å². The predicted octanol–water partition coefficient (Wildman–Crippen LogP) is 2.26. The van der Waals surface area contributed by atoms with Crippen LogP contribution in [-0.4, -0.2) is 33.9 Å². The Bertz CT molecular complexity index is 589. The second kappa shape index (κ2) is 7.66. The molecular weight excluding hydrogens is 313 g/mol. The number of nitrogens with zero attached hydrogens (tertiary/aromatic N) is 2. The topological polar surface area (TPSA) is 59.3 Å². The number of aryl methyl sites for hydroxylation is 1. The van der Waals surface area contributed by atoms with Crippen molar-refractivity contribution in [2.75, 3.05) is 13.2 Å². The average Bonchev–Trinajstić information content (AvgIpc) is 2.85. The molecule has 0 amide bonds. The van der Waals surface area contributed by atoms with Crippen LogP contribution in [0.25, 0.3) is 0 Å². The molecule has 1 aromatic carbocycles. The Kier molecular flexibility index (Phi) is 5.87. The Labute approximate surface area is 133 Å². The quantitative estimate of drug-likeness (QED) is 0.818. The fourth-order valence-electron chi connectivity index (χ4n) is 1.75. The lowest BCUT2D eigenvalue weighted by molar-refractivity contribution is 0.106. The number of halogens is 2. The fraction of sp³-hybridized carbons (Fsp3) is 0.357. The minimum absolute atomic E-state index is 0.133. The number of ether oxygens (including phenoxy) is 1. The van der Waals surface area contributed by atoms with Crippen LogP contribution in [0.4, 0.5) is 0 Å². The minimum atomic E-state index is -0.652. The molecular formula is C14H17Cl2N3O2. The number of aliphatic hydroxyl groups excluding tert-OH is 1. The first-order valence-electron chi connectivity index (χ1n) is 6.49. The highest BCUT2D eigenvalue weighted by Crippen LogP contribution is 2.27. The Morgan fingerprint density at radius 1 is 1.43 bits per heavy atom. The maximum Gasteiger partial charge on any atom is 0.139 e. The first kappa shape index (κ1) is 16.1. The van der Waals surface area contributed by atoms with Crippen LogP contribution < -0.4 is 10.1 Å². The standard InChI is InChI=1S/C14H17Cl2N3O2/c1-19-5-4-18-14(19)8-17-7-11(20)9-21-13-6-10(15)2-3-12(13)16/h2-6,11,17,20H,7-9H2,1H3. The second-order valence-corrected chi connectivity index (χ2v) is 5.47. The molecule has 0 saturated heterocycles. The largest absolute Gasteiger partial charge is 0.489 e. The summed E-state index contributed by atoms with van der Waals surface area (Å²) in [4.78, 5) is 4.18. The van der Waals surface area contributed by atoms with Gasteiger partial charge in [-0.25, -0.2) is 4.98 Å². The molecule has 0 bridgehead atoms. The van der Waals surface area contributed by atoms with Crippen molar-refractivity contribution in [3.05, 3.63) is 46.5 Å². The summed E-state index contributed by atoms with van der Waals surface area (Å²) in [5.41, 5.74) is 0. The van der Waals surface area contributed by atoms with Crippen molar-refractivity contribution >= 4 is 23.2 Å². The molecule has 2 rings (SSSR count). The molecule has 114 valence electrons. The molecule has 21 heavy (non-hydrogen) atoms. The molecule has 0 aliphatic heterocycles. The normalized spacial score (nSPS) is 12.4. The van der Waals surface area contributed by atoms with Crippen molar-refractivity contribution in [3.63, 3.8) is 0 Å². The van der Waals surface area contributed by atoms with Crippen molar-refractivity contribution in [2.45, 2.75) is 12.6 Å². The highest BCUT2D eigenvalue weighted by atomic mass is 35.5. The van der Waals surface area contributed by atoms with E-state index in [1.54, 1.807) is 24.4 Å². The van der Waals surface area contributed by atoms with Crippen molar-refractivity contribution in [3.8, 4) is 5.75 Å². The summed E-state index contributed by atoms with van der Waals surface area (Å²) >= 11 is 11.8. The molecule has 1 atom stereocenters. The molecule has 5 nitrogen and oxygen atoms in total. The van der Waals surface area contributed by atoms with Gasteiger partial charge in [-0.15, -0.1) is 0 Å². The highest BCUT2D eigenvalue weighted by Gasteiger charge is 2.08. The number of aliphatic hydroxyl groups is 1. The number of benzene rings is 1. The van der Waals surface area contributed by atoms with Gasteiger partial charge in [0.25, 0.3) is 0 Å². The molecule has 1 heterocycles. The number of nitrogens with one attached hydrogen (secondary N) is 1. The molecule has 0 aliphatic rings. The SMILES string of the molecule is Cn1ccnc1CNCC(O)COc1cc(Cl)ccc1Cl. The number of imidazole rings is 1. The van der Waals surface area contributed by atoms with E-state index < -0.39 is 6.10 Å². The lowest BCUT2D eigenvalue weighted by Crippen LogP contribution is -2.31. The number of rotatable bonds is 7. The summed E-state index contributed by atoms with van der Waals surface area (Å²) in [5.74, 6) is 1.37. The summed E-state index contributed by atoms with van der Waals surface area (Å²) < 4.78 is 7.38. The van der Waals surface area contributed by atoms with Crippen molar-refractivity contribution < 1.29 is 9.84 Å². The summed E-state index contributed by atoms with van der Waals surface area (Å²) in [6.07, 6.45) is 2.95. The lowest BCUT2D eigenvalue weighted by Gasteiger charge is -2.14. The van der Waals surface area contributed by atoms with Gasteiger partial charge < -0.3 is 19.7 Å². The fourth-order valence-corrected chi connectivity index (χ4v) is 2.08. The van der Waals surface area contributed by atoms with Gasteiger partial charge in [0, 0.05) is 37.1 Å². The van der Waals surface area contributed by atoms with Gasteiger partial charge in [-0.3, -0.25) is 0 Å². The maximum atomic E-state index is 9.88. The maximum absolute atomic E-state index is 9.88. The van der Waals surface area contributed by atoms with Crippen molar-refractivity contribution in [1.29, 1.82) is 0 Å². The van der Waals surface area contributed by atoms with Gasteiger partial charge >= 0.3 is 0 Å². The molecule has 2 N–H and O–H groups in total. The molecule has 7 heteroatoms. The molecule has 1 aromatic heterocycles. The summed E-state index contributed by atoms with van der Waals surface area (Å²) in [6, 6.07) is 4.96. The van der Waals surface area contributed by atoms with Gasteiger partial charge in [0.2, 0.25) is 0 Å². The van der Waals surface area contributed by atoms with Crippen LogP contribution in [0.2, 0.25) is 10.0 Å². The zero-order valence-corrected chi connectivity index (χ0v) is 13.1. The van der Waals surface area contributed by atoms with E-state index in [4.69, 9.17) is 27.9 Å². The third-order valence-electron chi connectivity index (χ3n) is 2.91. The summed E-state index contributed by atoms with van der Waals surface area (Å²) in [7, 11) is 1.92. The van der Waals surface area contributed by atoms with Crippen LogP contribution in [0, 0.1) is 0 Å². The van der Waals surface area contributed by atoms with Gasteiger partial charge in [0.15, 0.2) is 0 Å². The van der Waals surface area contributed by atoms with E-state index in [-0.39, 0.29) is 6.61 Å². The van der Waals surface area contributed by atoms with Gasteiger partial charge in [-0.2, -0.15) is 0 Å². The molecule has 0 radical (unpaired) electrons. The predicted molar refractivity (Wildman–Crippen MR) is 82.9 cm³/mol. The van der Waals surface area contributed by atoms with E-state index in [9.17, 15) is 5.11 Å². The monoisotopic (exact) mass is 329 g/mol. The van der Waals surface area contributed by atoms with Crippen LogP contribution in [0.1, 0.15) is 5.82 Å². The molecule has 1 unspecified atom stereocenters. The Morgan fingerprint density at radius 3 is 2.95 bits per heavy atom. The zero-order chi connectivity index (χ0) is 15.2. The van der Waals surface area contributed by atoms with Crippen LogP contribution in [0.5, 0.6) is 5.75 Å². The Morgan fingerprint density at radius 2 is 2.24 bits per heavy atom. The highest BCUT2D eigenvalue weighted by molar-refractivity contribution is 6.34. The third kappa shape index (κ3) is 4.89. The van der Waals surface area contributed by atoms with E-state index in [1.807, 2.05) is 17.8 Å². The van der Waals surface area contributed by atoms with Crippen LogP contribution >= 0.6 is 23.2 Å². The average molecular weight is 330 g/mol. The number of hydrogen-bond donors (Lipinski definition) is 2. The van der Waals surface area contributed by atoms with Crippen LogP contribution in [-0.2, 0) is 13.6 Å². The molecule has 0 aliphatic carbocycles. The van der Waals surface area contributed by atoms with Gasteiger partial charge in [0.05, 0.1) is 11.6 Å². The van der Waals surface area contributed by atoms with E-state index in [1.165, 1.54) is 0 Å². The lowest BCUT2D eigenvalue weighted by atomic mass is 10.3. The number of aromatic nitrogens is 2. The molecule has 2 aromatic rings. The Hall–Kier alpha value is -1.27.